The van der Waals surface area contributed by atoms with Crippen LogP contribution in [-0.4, -0.2) is 6.54 Å². The predicted molar refractivity (Wildman–Crippen MR) is 88.1 cm³/mol. The van der Waals surface area contributed by atoms with E-state index in [1.807, 2.05) is 36.4 Å². The number of halogens is 3. The van der Waals surface area contributed by atoms with Gasteiger partial charge in [0.2, 0.25) is 0 Å². The molecule has 1 atom stereocenters. The molecular weight excluding hydrogens is 313 g/mol. The van der Waals surface area contributed by atoms with Gasteiger partial charge in [-0.15, -0.1) is 0 Å². The van der Waals surface area contributed by atoms with E-state index in [1.165, 1.54) is 0 Å². The zero-order chi connectivity index (χ0) is 14.5. The van der Waals surface area contributed by atoms with Gasteiger partial charge in [-0.2, -0.15) is 0 Å². The Morgan fingerprint density at radius 2 is 1.60 bits per heavy atom. The third kappa shape index (κ3) is 3.89. The molecular formula is C16H16Cl3N. The van der Waals surface area contributed by atoms with Crippen LogP contribution >= 0.6 is 34.8 Å². The highest BCUT2D eigenvalue weighted by atomic mass is 35.5. The minimum absolute atomic E-state index is 0.0389. The Morgan fingerprint density at radius 3 is 2.20 bits per heavy atom. The monoisotopic (exact) mass is 327 g/mol. The summed E-state index contributed by atoms with van der Waals surface area (Å²) in [4.78, 5) is 0. The summed E-state index contributed by atoms with van der Waals surface area (Å²) in [7, 11) is 0. The summed E-state index contributed by atoms with van der Waals surface area (Å²) in [6.07, 6.45) is 1.05. The highest BCUT2D eigenvalue weighted by Gasteiger charge is 2.16. The summed E-state index contributed by atoms with van der Waals surface area (Å²) in [5.41, 5.74) is 2.15. The van der Waals surface area contributed by atoms with Gasteiger partial charge in [-0.1, -0.05) is 59.9 Å². The van der Waals surface area contributed by atoms with Gasteiger partial charge in [-0.3, -0.25) is 0 Å². The van der Waals surface area contributed by atoms with E-state index < -0.39 is 0 Å². The van der Waals surface area contributed by atoms with Crippen molar-refractivity contribution in [2.24, 2.45) is 0 Å². The van der Waals surface area contributed by atoms with Crippen LogP contribution in [-0.2, 0) is 0 Å². The van der Waals surface area contributed by atoms with Gasteiger partial charge in [-0.25, -0.2) is 0 Å². The summed E-state index contributed by atoms with van der Waals surface area (Å²) < 4.78 is 0. The topological polar surface area (TPSA) is 12.0 Å². The first-order chi connectivity index (χ1) is 9.61. The molecule has 4 heteroatoms. The van der Waals surface area contributed by atoms with E-state index in [1.54, 1.807) is 6.07 Å². The fourth-order valence-corrected chi connectivity index (χ4v) is 2.73. The third-order valence-corrected chi connectivity index (χ3v) is 3.89. The van der Waals surface area contributed by atoms with E-state index in [0.717, 1.165) is 29.1 Å². The van der Waals surface area contributed by atoms with Crippen LogP contribution in [0, 0.1) is 0 Å². The van der Waals surface area contributed by atoms with Crippen LogP contribution < -0.4 is 5.32 Å². The standard InChI is InChI=1S/C16H16Cl3N/c1-2-9-20-16(11-3-5-12(17)6-4-11)14-8-7-13(18)10-15(14)19/h3-8,10,16,20H,2,9H2,1H3. The van der Waals surface area contributed by atoms with Gasteiger partial charge >= 0.3 is 0 Å². The van der Waals surface area contributed by atoms with Crippen molar-refractivity contribution in [3.05, 3.63) is 68.7 Å². The Morgan fingerprint density at radius 1 is 0.950 bits per heavy atom. The normalized spacial score (nSPS) is 12.4. The van der Waals surface area contributed by atoms with Crippen LogP contribution in [0.5, 0.6) is 0 Å². The molecule has 0 fully saturated rings. The first kappa shape index (κ1) is 15.7. The molecule has 0 bridgehead atoms. The summed E-state index contributed by atoms with van der Waals surface area (Å²) in [6.45, 7) is 3.04. The van der Waals surface area contributed by atoms with Crippen LogP contribution in [0.25, 0.3) is 0 Å². The minimum Gasteiger partial charge on any atom is -0.306 e. The molecule has 0 spiro atoms. The maximum absolute atomic E-state index is 6.33. The van der Waals surface area contributed by atoms with Crippen LogP contribution in [0.1, 0.15) is 30.5 Å². The summed E-state index contributed by atoms with van der Waals surface area (Å²) in [5, 5.41) is 5.55. The number of hydrogen-bond acceptors (Lipinski definition) is 1. The molecule has 0 aliphatic carbocycles. The van der Waals surface area contributed by atoms with E-state index in [-0.39, 0.29) is 6.04 Å². The molecule has 0 aliphatic rings. The molecule has 0 saturated carbocycles. The van der Waals surface area contributed by atoms with Gasteiger partial charge in [0.25, 0.3) is 0 Å². The summed E-state index contributed by atoms with van der Waals surface area (Å²) in [6, 6.07) is 13.4. The first-order valence-electron chi connectivity index (χ1n) is 6.55. The van der Waals surface area contributed by atoms with Crippen LogP contribution in [0.2, 0.25) is 15.1 Å². The second kappa shape index (κ2) is 7.33. The number of nitrogens with one attached hydrogen (secondary N) is 1. The first-order valence-corrected chi connectivity index (χ1v) is 7.69. The Bertz CT molecular complexity index is 566. The lowest BCUT2D eigenvalue weighted by Crippen LogP contribution is -2.23. The highest BCUT2D eigenvalue weighted by Crippen LogP contribution is 2.31. The molecule has 0 heterocycles. The number of benzene rings is 2. The fraction of sp³-hybridized carbons (Fsp3) is 0.250. The third-order valence-electron chi connectivity index (χ3n) is 3.08. The van der Waals surface area contributed by atoms with Crippen molar-refractivity contribution in [1.29, 1.82) is 0 Å². The van der Waals surface area contributed by atoms with Gasteiger partial charge in [0, 0.05) is 15.1 Å². The van der Waals surface area contributed by atoms with E-state index in [2.05, 4.69) is 12.2 Å². The van der Waals surface area contributed by atoms with Crippen molar-refractivity contribution in [2.75, 3.05) is 6.54 Å². The summed E-state index contributed by atoms with van der Waals surface area (Å²) in [5.74, 6) is 0. The second-order valence-electron chi connectivity index (χ2n) is 4.60. The zero-order valence-corrected chi connectivity index (χ0v) is 13.4. The predicted octanol–water partition coefficient (Wildman–Crippen LogP) is 5.74. The molecule has 1 nitrogen and oxygen atoms in total. The average molecular weight is 329 g/mol. The smallest absolute Gasteiger partial charge is 0.0591 e. The van der Waals surface area contributed by atoms with Gasteiger partial charge < -0.3 is 5.32 Å². The fourth-order valence-electron chi connectivity index (χ4n) is 2.09. The van der Waals surface area contributed by atoms with Crippen molar-refractivity contribution >= 4 is 34.8 Å². The van der Waals surface area contributed by atoms with Crippen LogP contribution in [0.15, 0.2) is 42.5 Å². The molecule has 1 unspecified atom stereocenters. The molecule has 20 heavy (non-hydrogen) atoms. The van der Waals surface area contributed by atoms with Gasteiger partial charge in [0.15, 0.2) is 0 Å². The molecule has 0 aromatic heterocycles. The SMILES string of the molecule is CCCNC(c1ccc(Cl)cc1)c1ccc(Cl)cc1Cl. The molecule has 2 aromatic carbocycles. The number of hydrogen-bond donors (Lipinski definition) is 1. The second-order valence-corrected chi connectivity index (χ2v) is 5.88. The molecule has 106 valence electrons. The lowest BCUT2D eigenvalue weighted by Gasteiger charge is -2.21. The number of rotatable bonds is 5. The Kier molecular flexibility index (Phi) is 5.74. The van der Waals surface area contributed by atoms with Crippen molar-refractivity contribution in [3.63, 3.8) is 0 Å². The van der Waals surface area contributed by atoms with Gasteiger partial charge in [0.1, 0.15) is 0 Å². The maximum atomic E-state index is 6.33. The van der Waals surface area contributed by atoms with E-state index >= 15 is 0 Å². The molecule has 0 saturated heterocycles. The van der Waals surface area contributed by atoms with Crippen molar-refractivity contribution < 1.29 is 0 Å². The van der Waals surface area contributed by atoms with Crippen LogP contribution in [0.3, 0.4) is 0 Å². The Balaban J connectivity index is 2.38. The average Bonchev–Trinajstić information content (AvgIpc) is 2.42. The largest absolute Gasteiger partial charge is 0.306 e. The summed E-state index contributed by atoms with van der Waals surface area (Å²) >= 11 is 18.3. The maximum Gasteiger partial charge on any atom is 0.0591 e. The van der Waals surface area contributed by atoms with Crippen molar-refractivity contribution in [3.8, 4) is 0 Å². The quantitative estimate of drug-likeness (QED) is 0.738. The highest BCUT2D eigenvalue weighted by molar-refractivity contribution is 6.35. The van der Waals surface area contributed by atoms with Gasteiger partial charge in [-0.05, 0) is 48.4 Å². The molecule has 0 amide bonds. The lowest BCUT2D eigenvalue weighted by molar-refractivity contribution is 0.599. The Labute approximate surface area is 134 Å². The molecule has 0 radical (unpaired) electrons. The van der Waals surface area contributed by atoms with E-state index in [0.29, 0.717) is 10.0 Å². The Hall–Kier alpha value is -0.730. The van der Waals surface area contributed by atoms with E-state index in [4.69, 9.17) is 34.8 Å². The molecule has 1 N–H and O–H groups in total. The van der Waals surface area contributed by atoms with Crippen LogP contribution in [0.4, 0.5) is 0 Å². The molecule has 0 aliphatic heterocycles. The van der Waals surface area contributed by atoms with Crippen molar-refractivity contribution in [2.45, 2.75) is 19.4 Å². The van der Waals surface area contributed by atoms with E-state index in [9.17, 15) is 0 Å². The lowest BCUT2D eigenvalue weighted by atomic mass is 9.98. The molecule has 2 aromatic rings. The van der Waals surface area contributed by atoms with Crippen molar-refractivity contribution in [1.82, 2.24) is 5.32 Å². The minimum atomic E-state index is 0.0389. The molecule has 2 rings (SSSR count). The zero-order valence-electron chi connectivity index (χ0n) is 11.2. The van der Waals surface area contributed by atoms with Gasteiger partial charge in [0.05, 0.1) is 6.04 Å².